The Labute approximate surface area is 131 Å². The Hall–Kier alpha value is -2.86. The first-order valence-corrected chi connectivity index (χ1v) is 7.08. The van der Waals surface area contributed by atoms with Gasteiger partial charge in [-0.3, -0.25) is 4.79 Å². The Morgan fingerprint density at radius 3 is 2.61 bits per heavy atom. The molecule has 0 saturated heterocycles. The summed E-state index contributed by atoms with van der Waals surface area (Å²) < 4.78 is 5.24. The molecule has 0 unspecified atom stereocenters. The van der Waals surface area contributed by atoms with Gasteiger partial charge in [-0.15, -0.1) is 0 Å². The van der Waals surface area contributed by atoms with Gasteiger partial charge in [0, 0.05) is 22.5 Å². The predicted octanol–water partition coefficient (Wildman–Crippen LogP) is 2.15. The van der Waals surface area contributed by atoms with Crippen molar-refractivity contribution < 1.29 is 14.3 Å². The Balaban J connectivity index is 2.08. The molecule has 1 heterocycles. The largest absolute Gasteiger partial charge is 0.508 e. The number of phenolic OH excluding ortho intramolecular Hbond substituents is 1. The standard InChI is InChI=1S/C17H16N2O4/c1-19(2)9-16(21)18-10-3-5-12-13-6-4-11(20)8-15(13)23-17(22)14(12)7-10/h3-8,20H,9H2,1-2H3,(H,18,21). The highest BCUT2D eigenvalue weighted by molar-refractivity contribution is 6.06. The zero-order valence-electron chi connectivity index (χ0n) is 12.8. The summed E-state index contributed by atoms with van der Waals surface area (Å²) in [7, 11) is 3.60. The number of carbonyl (C=O) groups is 1. The van der Waals surface area contributed by atoms with Crippen LogP contribution in [0.1, 0.15) is 0 Å². The molecular formula is C17H16N2O4. The third kappa shape index (κ3) is 3.02. The van der Waals surface area contributed by atoms with Crippen LogP contribution in [0.3, 0.4) is 0 Å². The first-order valence-electron chi connectivity index (χ1n) is 7.08. The molecule has 2 aromatic carbocycles. The third-order valence-corrected chi connectivity index (χ3v) is 3.44. The number of phenols is 1. The molecule has 3 rings (SSSR count). The maximum atomic E-state index is 12.2. The highest BCUT2D eigenvalue weighted by Crippen LogP contribution is 2.27. The first kappa shape index (κ1) is 15.1. The van der Waals surface area contributed by atoms with Gasteiger partial charge in [-0.2, -0.15) is 0 Å². The lowest BCUT2D eigenvalue weighted by Gasteiger charge is -2.11. The molecule has 6 heteroatoms. The molecule has 3 aromatic rings. The average Bonchev–Trinajstić information content (AvgIpc) is 2.46. The molecule has 0 aliphatic heterocycles. The topological polar surface area (TPSA) is 82.8 Å². The van der Waals surface area contributed by atoms with Gasteiger partial charge in [0.1, 0.15) is 11.3 Å². The lowest BCUT2D eigenvalue weighted by molar-refractivity contribution is -0.116. The normalized spacial score (nSPS) is 11.3. The minimum absolute atomic E-state index is 0.0348. The van der Waals surface area contributed by atoms with Crippen molar-refractivity contribution in [3.63, 3.8) is 0 Å². The first-order chi connectivity index (χ1) is 10.9. The number of nitrogens with zero attached hydrogens (tertiary/aromatic N) is 1. The minimum atomic E-state index is -0.512. The highest BCUT2D eigenvalue weighted by atomic mass is 16.4. The van der Waals surface area contributed by atoms with Crippen molar-refractivity contribution in [3.05, 3.63) is 46.8 Å². The van der Waals surface area contributed by atoms with Crippen LogP contribution in [0.15, 0.2) is 45.6 Å². The average molecular weight is 312 g/mol. The number of fused-ring (bicyclic) bond motifs is 3. The van der Waals surface area contributed by atoms with E-state index in [1.807, 2.05) is 0 Å². The number of rotatable bonds is 3. The van der Waals surface area contributed by atoms with Gasteiger partial charge in [0.05, 0.1) is 11.9 Å². The van der Waals surface area contributed by atoms with Crippen LogP contribution in [-0.4, -0.2) is 36.6 Å². The molecule has 0 spiro atoms. The van der Waals surface area contributed by atoms with Crippen LogP contribution in [0.4, 0.5) is 5.69 Å². The number of anilines is 1. The van der Waals surface area contributed by atoms with Gasteiger partial charge in [0.15, 0.2) is 0 Å². The number of likely N-dealkylation sites (N-methyl/N-ethyl adjacent to an activating group) is 1. The van der Waals surface area contributed by atoms with Crippen molar-refractivity contribution >= 4 is 33.3 Å². The summed E-state index contributed by atoms with van der Waals surface area (Å²) in [6.45, 7) is 0.254. The number of nitrogens with one attached hydrogen (secondary N) is 1. The summed E-state index contributed by atoms with van der Waals surface area (Å²) >= 11 is 0. The fourth-order valence-corrected chi connectivity index (χ4v) is 2.49. The van der Waals surface area contributed by atoms with Crippen LogP contribution in [0, 0.1) is 0 Å². The van der Waals surface area contributed by atoms with Gasteiger partial charge in [-0.25, -0.2) is 4.79 Å². The molecule has 0 saturated carbocycles. The zero-order chi connectivity index (χ0) is 16.6. The Morgan fingerprint density at radius 1 is 1.13 bits per heavy atom. The van der Waals surface area contributed by atoms with Crippen LogP contribution in [-0.2, 0) is 4.79 Å². The van der Waals surface area contributed by atoms with Crippen LogP contribution >= 0.6 is 0 Å². The van der Waals surface area contributed by atoms with Crippen LogP contribution in [0.25, 0.3) is 21.7 Å². The van der Waals surface area contributed by atoms with Crippen molar-refractivity contribution in [2.75, 3.05) is 26.0 Å². The number of amides is 1. The van der Waals surface area contributed by atoms with Crippen molar-refractivity contribution in [2.24, 2.45) is 0 Å². The Morgan fingerprint density at radius 2 is 1.87 bits per heavy atom. The molecule has 0 aliphatic carbocycles. The molecule has 0 bridgehead atoms. The minimum Gasteiger partial charge on any atom is -0.508 e. The number of aromatic hydroxyl groups is 1. The highest BCUT2D eigenvalue weighted by Gasteiger charge is 2.10. The predicted molar refractivity (Wildman–Crippen MR) is 88.8 cm³/mol. The maximum absolute atomic E-state index is 12.2. The summed E-state index contributed by atoms with van der Waals surface area (Å²) in [5.41, 5.74) is 0.350. The van der Waals surface area contributed by atoms with E-state index in [0.29, 0.717) is 22.0 Å². The molecule has 1 aromatic heterocycles. The quantitative estimate of drug-likeness (QED) is 0.572. The fraction of sp³-hybridized carbons (Fsp3) is 0.176. The van der Waals surface area contributed by atoms with Gasteiger partial charge >= 0.3 is 5.63 Å². The summed E-state index contributed by atoms with van der Waals surface area (Å²) in [4.78, 5) is 25.7. The molecule has 0 atom stereocenters. The van der Waals surface area contributed by atoms with E-state index < -0.39 is 5.63 Å². The fourth-order valence-electron chi connectivity index (χ4n) is 2.49. The van der Waals surface area contributed by atoms with Gasteiger partial charge in [-0.05, 0) is 38.4 Å². The smallest absolute Gasteiger partial charge is 0.344 e. The zero-order valence-corrected chi connectivity index (χ0v) is 12.8. The van der Waals surface area contributed by atoms with E-state index in [2.05, 4.69) is 5.32 Å². The molecule has 6 nitrogen and oxygen atoms in total. The molecule has 0 fully saturated rings. The molecule has 1 amide bonds. The summed E-state index contributed by atoms with van der Waals surface area (Å²) in [6.07, 6.45) is 0. The van der Waals surface area contributed by atoms with Crippen molar-refractivity contribution in [3.8, 4) is 5.75 Å². The van der Waals surface area contributed by atoms with E-state index in [1.165, 1.54) is 12.1 Å². The summed E-state index contributed by atoms with van der Waals surface area (Å²) in [5, 5.41) is 14.1. The molecule has 2 N–H and O–H groups in total. The maximum Gasteiger partial charge on any atom is 0.344 e. The summed E-state index contributed by atoms with van der Waals surface area (Å²) in [6, 6.07) is 9.73. The van der Waals surface area contributed by atoms with Crippen molar-refractivity contribution in [1.29, 1.82) is 0 Å². The van der Waals surface area contributed by atoms with Crippen molar-refractivity contribution in [2.45, 2.75) is 0 Å². The van der Waals surface area contributed by atoms with E-state index in [1.54, 1.807) is 43.3 Å². The van der Waals surface area contributed by atoms with Crippen LogP contribution in [0.5, 0.6) is 5.75 Å². The summed E-state index contributed by atoms with van der Waals surface area (Å²) in [5.74, 6) is -0.128. The molecule has 118 valence electrons. The van der Waals surface area contributed by atoms with E-state index in [0.717, 1.165) is 5.39 Å². The number of hydrogen-bond acceptors (Lipinski definition) is 5. The molecular weight excluding hydrogens is 296 g/mol. The van der Waals surface area contributed by atoms with E-state index >= 15 is 0 Å². The second-order valence-corrected chi connectivity index (χ2v) is 5.62. The third-order valence-electron chi connectivity index (χ3n) is 3.44. The number of hydrogen-bond donors (Lipinski definition) is 2. The Bertz CT molecular complexity index is 960. The Kier molecular flexibility index (Phi) is 3.75. The van der Waals surface area contributed by atoms with Gasteiger partial charge in [0.2, 0.25) is 5.91 Å². The second-order valence-electron chi connectivity index (χ2n) is 5.62. The number of carbonyl (C=O) groups excluding carboxylic acids is 1. The van der Waals surface area contributed by atoms with Gasteiger partial charge in [-0.1, -0.05) is 6.07 Å². The molecule has 0 aliphatic rings. The lowest BCUT2D eigenvalue weighted by atomic mass is 10.1. The van der Waals surface area contributed by atoms with E-state index in [4.69, 9.17) is 4.42 Å². The lowest BCUT2D eigenvalue weighted by Crippen LogP contribution is -2.27. The molecule has 0 radical (unpaired) electrons. The van der Waals surface area contributed by atoms with E-state index in [9.17, 15) is 14.7 Å². The van der Waals surface area contributed by atoms with Gasteiger partial charge < -0.3 is 19.7 Å². The van der Waals surface area contributed by atoms with E-state index in [-0.39, 0.29) is 18.2 Å². The van der Waals surface area contributed by atoms with Crippen LogP contribution in [0.2, 0.25) is 0 Å². The number of benzene rings is 2. The SMILES string of the molecule is CN(C)CC(=O)Nc1ccc2c(c1)c(=O)oc1cc(O)ccc12. The monoisotopic (exact) mass is 312 g/mol. The van der Waals surface area contributed by atoms with Crippen molar-refractivity contribution in [1.82, 2.24) is 4.90 Å². The second kappa shape index (κ2) is 5.73. The van der Waals surface area contributed by atoms with Gasteiger partial charge in [0.25, 0.3) is 0 Å². The molecule has 23 heavy (non-hydrogen) atoms. The van der Waals surface area contributed by atoms with Crippen LogP contribution < -0.4 is 10.9 Å².